The normalized spacial score (nSPS) is 17.0. The molecule has 0 saturated heterocycles. The highest BCUT2D eigenvalue weighted by molar-refractivity contribution is 9.10. The molecule has 0 N–H and O–H groups in total. The fraction of sp³-hybridized carbons (Fsp3) is 0.562. The Morgan fingerprint density at radius 1 is 1.20 bits per heavy atom. The van der Waals surface area contributed by atoms with Gasteiger partial charge in [-0.15, -0.1) is 0 Å². The van der Waals surface area contributed by atoms with Gasteiger partial charge < -0.3 is 9.47 Å². The molecule has 2 rings (SSSR count). The Hall–Kier alpha value is -1.03. The zero-order valence-electron chi connectivity index (χ0n) is 12.3. The molecule has 0 aliphatic heterocycles. The fourth-order valence-electron chi connectivity index (χ4n) is 3.12. The topological polar surface area (TPSA) is 35.5 Å². The Balaban J connectivity index is 2.47. The first-order valence-corrected chi connectivity index (χ1v) is 7.83. The average Bonchev–Trinajstić information content (AvgIpc) is 2.96. The Morgan fingerprint density at radius 3 is 2.30 bits per heavy atom. The van der Waals surface area contributed by atoms with Crippen molar-refractivity contribution in [3.8, 4) is 11.5 Å². The standard InChI is InChI=1S/C16H21BrO3/c1-4-16(7-5-6-8-16)15(18)11-9-14(20-3)12(17)10-13(11)19-2/h9-10H,4-8H2,1-3H3. The molecule has 1 aliphatic carbocycles. The zero-order valence-corrected chi connectivity index (χ0v) is 13.9. The van der Waals surface area contributed by atoms with Crippen molar-refractivity contribution >= 4 is 21.7 Å². The highest BCUT2D eigenvalue weighted by Gasteiger charge is 2.40. The van der Waals surface area contributed by atoms with Crippen molar-refractivity contribution in [3.05, 3.63) is 22.2 Å². The highest BCUT2D eigenvalue weighted by Crippen LogP contribution is 2.46. The molecule has 1 aromatic rings. The minimum absolute atomic E-state index is 0.195. The third kappa shape index (κ3) is 2.58. The van der Waals surface area contributed by atoms with Crippen LogP contribution in [0.3, 0.4) is 0 Å². The van der Waals surface area contributed by atoms with E-state index < -0.39 is 0 Å². The number of carbonyl (C=O) groups excluding carboxylic acids is 1. The summed E-state index contributed by atoms with van der Waals surface area (Å²) in [6.45, 7) is 2.10. The Kier molecular flexibility index (Phi) is 4.74. The van der Waals surface area contributed by atoms with Crippen LogP contribution < -0.4 is 9.47 Å². The van der Waals surface area contributed by atoms with Gasteiger partial charge in [-0.25, -0.2) is 0 Å². The van der Waals surface area contributed by atoms with Gasteiger partial charge in [0.15, 0.2) is 5.78 Å². The minimum Gasteiger partial charge on any atom is -0.496 e. The van der Waals surface area contributed by atoms with Crippen LogP contribution in [-0.4, -0.2) is 20.0 Å². The maximum atomic E-state index is 13.0. The molecular weight excluding hydrogens is 320 g/mol. The maximum absolute atomic E-state index is 13.0. The Bertz CT molecular complexity index is 505. The molecule has 0 bridgehead atoms. The van der Waals surface area contributed by atoms with Gasteiger partial charge in [-0.05, 0) is 47.3 Å². The van der Waals surface area contributed by atoms with E-state index in [1.54, 1.807) is 20.3 Å². The minimum atomic E-state index is -0.216. The van der Waals surface area contributed by atoms with E-state index in [0.717, 1.165) is 36.6 Å². The number of Topliss-reactive ketones (excluding diaryl/α,β-unsaturated/α-hetero) is 1. The van der Waals surface area contributed by atoms with Gasteiger partial charge >= 0.3 is 0 Å². The van der Waals surface area contributed by atoms with E-state index in [-0.39, 0.29) is 11.2 Å². The van der Waals surface area contributed by atoms with E-state index in [1.807, 2.05) is 6.07 Å². The first-order valence-electron chi connectivity index (χ1n) is 7.04. The van der Waals surface area contributed by atoms with Crippen LogP contribution in [0, 0.1) is 5.41 Å². The lowest BCUT2D eigenvalue weighted by molar-refractivity contribution is 0.0787. The average molecular weight is 341 g/mol. The third-order valence-electron chi connectivity index (χ3n) is 4.44. The SMILES string of the molecule is CCC1(C(=O)c2cc(OC)c(Br)cc2OC)CCCC1. The summed E-state index contributed by atoms with van der Waals surface area (Å²) in [5.74, 6) is 1.47. The van der Waals surface area contributed by atoms with Crippen molar-refractivity contribution in [2.75, 3.05) is 14.2 Å². The van der Waals surface area contributed by atoms with E-state index in [0.29, 0.717) is 17.1 Å². The smallest absolute Gasteiger partial charge is 0.172 e. The number of carbonyl (C=O) groups is 1. The summed E-state index contributed by atoms with van der Waals surface area (Å²) >= 11 is 3.43. The van der Waals surface area contributed by atoms with E-state index in [4.69, 9.17) is 9.47 Å². The lowest BCUT2D eigenvalue weighted by Gasteiger charge is -2.26. The zero-order chi connectivity index (χ0) is 14.8. The maximum Gasteiger partial charge on any atom is 0.172 e. The first-order chi connectivity index (χ1) is 9.57. The second kappa shape index (κ2) is 6.17. The predicted molar refractivity (Wildman–Crippen MR) is 82.8 cm³/mol. The van der Waals surface area contributed by atoms with Crippen molar-refractivity contribution in [1.29, 1.82) is 0 Å². The molecule has 0 heterocycles. The van der Waals surface area contributed by atoms with Crippen LogP contribution in [-0.2, 0) is 0 Å². The monoisotopic (exact) mass is 340 g/mol. The largest absolute Gasteiger partial charge is 0.496 e. The molecule has 1 saturated carbocycles. The van der Waals surface area contributed by atoms with E-state index in [2.05, 4.69) is 22.9 Å². The van der Waals surface area contributed by atoms with Crippen LogP contribution in [0.5, 0.6) is 11.5 Å². The number of ether oxygens (including phenoxy) is 2. The van der Waals surface area contributed by atoms with E-state index in [9.17, 15) is 4.79 Å². The van der Waals surface area contributed by atoms with Gasteiger partial charge in [0.2, 0.25) is 0 Å². The summed E-state index contributed by atoms with van der Waals surface area (Å²) in [6, 6.07) is 3.60. The van der Waals surface area contributed by atoms with Crippen LogP contribution in [0.2, 0.25) is 0 Å². The van der Waals surface area contributed by atoms with Crippen LogP contribution in [0.25, 0.3) is 0 Å². The molecule has 0 atom stereocenters. The van der Waals surface area contributed by atoms with Crippen LogP contribution in [0.4, 0.5) is 0 Å². The molecule has 0 radical (unpaired) electrons. The Labute approximate surface area is 128 Å². The van der Waals surface area contributed by atoms with Gasteiger partial charge in [0.1, 0.15) is 11.5 Å². The summed E-state index contributed by atoms with van der Waals surface area (Å²) in [5, 5.41) is 0. The third-order valence-corrected chi connectivity index (χ3v) is 5.06. The Morgan fingerprint density at radius 2 is 1.80 bits per heavy atom. The molecule has 1 aromatic carbocycles. The fourth-order valence-corrected chi connectivity index (χ4v) is 3.60. The molecule has 0 amide bonds. The van der Waals surface area contributed by atoms with Gasteiger partial charge in [-0.2, -0.15) is 0 Å². The lowest BCUT2D eigenvalue weighted by Crippen LogP contribution is -2.27. The molecule has 1 aliphatic rings. The highest BCUT2D eigenvalue weighted by atomic mass is 79.9. The second-order valence-corrected chi connectivity index (χ2v) is 6.21. The van der Waals surface area contributed by atoms with Gasteiger partial charge in [-0.3, -0.25) is 4.79 Å². The van der Waals surface area contributed by atoms with Crippen LogP contribution in [0.15, 0.2) is 16.6 Å². The number of rotatable bonds is 5. The van der Waals surface area contributed by atoms with Crippen LogP contribution >= 0.6 is 15.9 Å². The number of methoxy groups -OCH3 is 2. The molecule has 0 spiro atoms. The van der Waals surface area contributed by atoms with Crippen molar-refractivity contribution in [3.63, 3.8) is 0 Å². The summed E-state index contributed by atoms with van der Waals surface area (Å²) in [7, 11) is 3.20. The lowest BCUT2D eigenvalue weighted by atomic mass is 9.76. The van der Waals surface area contributed by atoms with Crippen molar-refractivity contribution < 1.29 is 14.3 Å². The van der Waals surface area contributed by atoms with Gasteiger partial charge in [0.05, 0.1) is 24.3 Å². The molecular formula is C16H21BrO3. The van der Waals surface area contributed by atoms with Crippen molar-refractivity contribution in [1.82, 2.24) is 0 Å². The summed E-state index contributed by atoms with van der Waals surface area (Å²) in [5.41, 5.74) is 0.419. The molecule has 110 valence electrons. The second-order valence-electron chi connectivity index (χ2n) is 5.36. The van der Waals surface area contributed by atoms with E-state index >= 15 is 0 Å². The van der Waals surface area contributed by atoms with Gasteiger partial charge in [0, 0.05) is 5.41 Å². The summed E-state index contributed by atoms with van der Waals surface area (Å²) in [4.78, 5) is 13.0. The number of hydrogen-bond acceptors (Lipinski definition) is 3. The van der Waals surface area contributed by atoms with E-state index in [1.165, 1.54) is 0 Å². The summed E-state index contributed by atoms with van der Waals surface area (Å²) in [6.07, 6.45) is 5.10. The number of benzene rings is 1. The molecule has 0 aromatic heterocycles. The number of hydrogen-bond donors (Lipinski definition) is 0. The summed E-state index contributed by atoms with van der Waals surface area (Å²) < 4.78 is 11.5. The number of halogens is 1. The molecule has 0 unspecified atom stereocenters. The molecule has 20 heavy (non-hydrogen) atoms. The number of ketones is 1. The van der Waals surface area contributed by atoms with Crippen molar-refractivity contribution in [2.45, 2.75) is 39.0 Å². The van der Waals surface area contributed by atoms with Gasteiger partial charge in [0.25, 0.3) is 0 Å². The molecule has 3 nitrogen and oxygen atoms in total. The molecule has 4 heteroatoms. The predicted octanol–water partition coefficient (Wildman–Crippen LogP) is 4.62. The van der Waals surface area contributed by atoms with Gasteiger partial charge in [-0.1, -0.05) is 19.8 Å². The van der Waals surface area contributed by atoms with Crippen LogP contribution in [0.1, 0.15) is 49.4 Å². The quantitative estimate of drug-likeness (QED) is 0.733. The first kappa shape index (κ1) is 15.4. The molecule has 1 fully saturated rings. The van der Waals surface area contributed by atoms with Crippen molar-refractivity contribution in [2.24, 2.45) is 5.41 Å².